The van der Waals surface area contributed by atoms with Crippen LogP contribution >= 0.6 is 0 Å². The zero-order valence-corrected chi connectivity index (χ0v) is 18.9. The van der Waals surface area contributed by atoms with E-state index in [-0.39, 0.29) is 5.91 Å². The Bertz CT molecular complexity index is 1100. The molecule has 0 aliphatic carbocycles. The molecule has 1 aliphatic heterocycles. The summed E-state index contributed by atoms with van der Waals surface area (Å²) < 4.78 is 10.8. The van der Waals surface area contributed by atoms with E-state index < -0.39 is 0 Å². The van der Waals surface area contributed by atoms with Gasteiger partial charge in [-0.1, -0.05) is 25.1 Å². The lowest BCUT2D eigenvalue weighted by Gasteiger charge is -2.23. The number of amides is 1. The van der Waals surface area contributed by atoms with Crippen LogP contribution in [0.4, 0.5) is 11.5 Å². The molecule has 32 heavy (non-hydrogen) atoms. The van der Waals surface area contributed by atoms with Crippen LogP contribution in [0, 0.1) is 0 Å². The fraction of sp³-hybridized carbons (Fsp3) is 0.360. The average molecular weight is 435 g/mol. The number of aromatic nitrogens is 1. The molecule has 7 heteroatoms. The monoisotopic (exact) mass is 434 g/mol. The predicted octanol–water partition coefficient (Wildman–Crippen LogP) is 4.21. The first-order valence-electron chi connectivity index (χ1n) is 11.0. The molecule has 2 aromatic carbocycles. The molecule has 1 atom stereocenters. The summed E-state index contributed by atoms with van der Waals surface area (Å²) in [4.78, 5) is 20.3. The largest absolute Gasteiger partial charge is 0.497 e. The van der Waals surface area contributed by atoms with Crippen molar-refractivity contribution in [1.29, 1.82) is 0 Å². The summed E-state index contributed by atoms with van der Waals surface area (Å²) in [7, 11) is 3.22. The van der Waals surface area contributed by atoms with Gasteiger partial charge in [0.1, 0.15) is 17.3 Å². The maximum Gasteiger partial charge on any atom is 0.252 e. The van der Waals surface area contributed by atoms with Gasteiger partial charge in [-0.05, 0) is 50.2 Å². The quantitative estimate of drug-likeness (QED) is 0.553. The van der Waals surface area contributed by atoms with Crippen LogP contribution in [0.25, 0.3) is 10.9 Å². The number of para-hydroxylation sites is 1. The van der Waals surface area contributed by atoms with Gasteiger partial charge in [0.15, 0.2) is 0 Å². The van der Waals surface area contributed by atoms with E-state index in [1.807, 2.05) is 36.4 Å². The van der Waals surface area contributed by atoms with Gasteiger partial charge in [0, 0.05) is 24.0 Å². The number of carbonyl (C=O) groups is 1. The average Bonchev–Trinajstić information content (AvgIpc) is 3.30. The highest BCUT2D eigenvalue weighted by Gasteiger charge is 2.24. The van der Waals surface area contributed by atoms with Crippen molar-refractivity contribution < 1.29 is 14.3 Å². The van der Waals surface area contributed by atoms with Gasteiger partial charge < -0.3 is 20.1 Å². The highest BCUT2D eigenvalue weighted by molar-refractivity contribution is 6.07. The van der Waals surface area contributed by atoms with Crippen molar-refractivity contribution in [2.75, 3.05) is 39.2 Å². The maximum atomic E-state index is 13.2. The van der Waals surface area contributed by atoms with Crippen LogP contribution in [0.2, 0.25) is 0 Å². The number of likely N-dealkylation sites (N-methyl/N-ethyl adjacent to an activating group) is 1. The van der Waals surface area contributed by atoms with Crippen molar-refractivity contribution in [3.8, 4) is 11.5 Å². The number of ether oxygens (including phenoxy) is 2. The molecule has 0 radical (unpaired) electrons. The molecule has 2 heterocycles. The molecule has 1 saturated heterocycles. The summed E-state index contributed by atoms with van der Waals surface area (Å²) in [6.45, 7) is 4.93. The van der Waals surface area contributed by atoms with E-state index in [0.717, 1.165) is 36.1 Å². The SMILES string of the molecule is CCN1CCC[C@H]1CNC(=O)c1cc(Nc2ccc(OC)cc2OC)nc2ccccc12. The molecule has 4 rings (SSSR count). The minimum absolute atomic E-state index is 0.0868. The molecule has 0 saturated carbocycles. The zero-order chi connectivity index (χ0) is 22.5. The van der Waals surface area contributed by atoms with Gasteiger partial charge in [0.05, 0.1) is 31.0 Å². The summed E-state index contributed by atoms with van der Waals surface area (Å²) in [6, 6.07) is 15.4. The van der Waals surface area contributed by atoms with E-state index in [1.165, 1.54) is 6.42 Å². The summed E-state index contributed by atoms with van der Waals surface area (Å²) in [5.74, 6) is 1.82. The lowest BCUT2D eigenvalue weighted by molar-refractivity contribution is 0.0943. The normalized spacial score (nSPS) is 16.2. The van der Waals surface area contributed by atoms with Gasteiger partial charge in [-0.2, -0.15) is 0 Å². The van der Waals surface area contributed by atoms with Crippen molar-refractivity contribution >= 4 is 28.3 Å². The Morgan fingerprint density at radius 3 is 2.78 bits per heavy atom. The Balaban J connectivity index is 1.61. The molecule has 7 nitrogen and oxygen atoms in total. The minimum atomic E-state index is -0.0868. The fourth-order valence-electron chi connectivity index (χ4n) is 4.32. The predicted molar refractivity (Wildman–Crippen MR) is 127 cm³/mol. The van der Waals surface area contributed by atoms with Crippen LogP contribution in [-0.4, -0.2) is 55.7 Å². The van der Waals surface area contributed by atoms with E-state index in [2.05, 4.69) is 22.5 Å². The Labute approximate surface area is 188 Å². The molecule has 1 amide bonds. The molecule has 2 N–H and O–H groups in total. The summed E-state index contributed by atoms with van der Waals surface area (Å²) in [6.07, 6.45) is 2.31. The number of benzene rings is 2. The molecule has 1 aromatic heterocycles. The highest BCUT2D eigenvalue weighted by Crippen LogP contribution is 2.32. The standard InChI is InChI=1S/C25H30N4O3/c1-4-29-13-7-8-17(29)16-26-25(30)20-15-24(27-21-10-6-5-9-19(20)21)28-22-12-11-18(31-2)14-23(22)32-3/h5-6,9-12,14-15,17H,4,7-8,13,16H2,1-3H3,(H,26,30)(H,27,28)/t17-/m0/s1. The van der Waals surface area contributed by atoms with E-state index in [1.54, 1.807) is 26.4 Å². The first-order valence-corrected chi connectivity index (χ1v) is 11.0. The number of carbonyl (C=O) groups excluding carboxylic acids is 1. The van der Waals surface area contributed by atoms with Gasteiger partial charge in [0.25, 0.3) is 5.91 Å². The number of fused-ring (bicyclic) bond motifs is 1. The fourth-order valence-corrected chi connectivity index (χ4v) is 4.32. The molecule has 168 valence electrons. The first-order chi connectivity index (χ1) is 15.6. The number of methoxy groups -OCH3 is 2. The van der Waals surface area contributed by atoms with Crippen LogP contribution in [0.15, 0.2) is 48.5 Å². The number of nitrogens with one attached hydrogen (secondary N) is 2. The zero-order valence-electron chi connectivity index (χ0n) is 18.9. The third kappa shape index (κ3) is 4.62. The molecule has 0 spiro atoms. The number of nitrogens with zero attached hydrogens (tertiary/aromatic N) is 2. The molecular weight excluding hydrogens is 404 g/mol. The van der Waals surface area contributed by atoms with E-state index in [9.17, 15) is 4.79 Å². The highest BCUT2D eigenvalue weighted by atomic mass is 16.5. The molecule has 1 fully saturated rings. The van der Waals surface area contributed by atoms with Crippen molar-refractivity contribution in [1.82, 2.24) is 15.2 Å². The number of hydrogen-bond donors (Lipinski definition) is 2. The van der Waals surface area contributed by atoms with Gasteiger partial charge in [0.2, 0.25) is 0 Å². The Hall–Kier alpha value is -3.32. The first kappa shape index (κ1) is 21.9. The number of likely N-dealkylation sites (tertiary alicyclic amines) is 1. The maximum absolute atomic E-state index is 13.2. The van der Waals surface area contributed by atoms with Crippen LogP contribution in [0.5, 0.6) is 11.5 Å². The topological polar surface area (TPSA) is 75.7 Å². The number of pyridine rings is 1. The molecule has 3 aromatic rings. The smallest absolute Gasteiger partial charge is 0.252 e. The van der Waals surface area contributed by atoms with E-state index >= 15 is 0 Å². The number of anilines is 2. The second-order valence-electron chi connectivity index (χ2n) is 7.90. The summed E-state index contributed by atoms with van der Waals surface area (Å²) in [5.41, 5.74) is 2.10. The minimum Gasteiger partial charge on any atom is -0.497 e. The van der Waals surface area contributed by atoms with E-state index in [4.69, 9.17) is 14.5 Å². The van der Waals surface area contributed by atoms with Gasteiger partial charge in [-0.3, -0.25) is 9.69 Å². The molecular formula is C25H30N4O3. The van der Waals surface area contributed by atoms with Crippen LogP contribution in [0.1, 0.15) is 30.1 Å². The molecule has 0 unspecified atom stereocenters. The lowest BCUT2D eigenvalue weighted by atomic mass is 10.1. The van der Waals surface area contributed by atoms with Crippen LogP contribution in [-0.2, 0) is 0 Å². The van der Waals surface area contributed by atoms with Crippen molar-refractivity contribution in [2.45, 2.75) is 25.8 Å². The Morgan fingerprint density at radius 1 is 1.16 bits per heavy atom. The van der Waals surface area contributed by atoms with Gasteiger partial charge >= 0.3 is 0 Å². The van der Waals surface area contributed by atoms with Crippen molar-refractivity contribution in [3.05, 3.63) is 54.1 Å². The van der Waals surface area contributed by atoms with Crippen molar-refractivity contribution in [2.24, 2.45) is 0 Å². The summed E-state index contributed by atoms with van der Waals surface area (Å²) >= 11 is 0. The third-order valence-corrected chi connectivity index (χ3v) is 6.04. The lowest BCUT2D eigenvalue weighted by Crippen LogP contribution is -2.40. The second kappa shape index (κ2) is 9.87. The number of rotatable bonds is 8. The van der Waals surface area contributed by atoms with Crippen LogP contribution < -0.4 is 20.1 Å². The Morgan fingerprint density at radius 2 is 2.00 bits per heavy atom. The number of hydrogen-bond acceptors (Lipinski definition) is 6. The van der Waals surface area contributed by atoms with Gasteiger partial charge in [-0.25, -0.2) is 4.98 Å². The Kier molecular flexibility index (Phi) is 6.75. The second-order valence-corrected chi connectivity index (χ2v) is 7.90. The molecule has 0 bridgehead atoms. The summed E-state index contributed by atoms with van der Waals surface area (Å²) in [5, 5.41) is 7.27. The third-order valence-electron chi connectivity index (χ3n) is 6.04. The van der Waals surface area contributed by atoms with Crippen molar-refractivity contribution in [3.63, 3.8) is 0 Å². The van der Waals surface area contributed by atoms with E-state index in [0.29, 0.717) is 35.5 Å². The van der Waals surface area contributed by atoms with Crippen LogP contribution in [0.3, 0.4) is 0 Å². The van der Waals surface area contributed by atoms with Gasteiger partial charge in [-0.15, -0.1) is 0 Å². The molecule has 1 aliphatic rings.